The number of halogens is 1. The van der Waals surface area contributed by atoms with E-state index in [9.17, 15) is 0 Å². The molecule has 2 rings (SSSR count). The van der Waals surface area contributed by atoms with E-state index in [2.05, 4.69) is 46.4 Å². The van der Waals surface area contributed by atoms with Crippen LogP contribution < -0.4 is 5.32 Å². The summed E-state index contributed by atoms with van der Waals surface area (Å²) in [6.45, 7) is 3.26. The molecular formula is C12H16BrN. The zero-order valence-corrected chi connectivity index (χ0v) is 10.1. The summed E-state index contributed by atoms with van der Waals surface area (Å²) in [5.41, 5.74) is 2.59. The lowest BCUT2D eigenvalue weighted by Gasteiger charge is -2.09. The zero-order chi connectivity index (χ0) is 9.97. The highest BCUT2D eigenvalue weighted by Gasteiger charge is 2.20. The fourth-order valence-electron chi connectivity index (χ4n) is 1.64. The minimum atomic E-state index is 1.01. The predicted molar refractivity (Wildman–Crippen MR) is 64.7 cm³/mol. The predicted octanol–water partition coefficient (Wildman–Crippen LogP) is 3.97. The van der Waals surface area contributed by atoms with Crippen LogP contribution in [-0.4, -0.2) is 6.54 Å². The summed E-state index contributed by atoms with van der Waals surface area (Å²) in [5.74, 6) is 1.01. The van der Waals surface area contributed by atoms with Gasteiger partial charge in [-0.25, -0.2) is 0 Å². The molecule has 0 bridgehead atoms. The summed E-state index contributed by atoms with van der Waals surface area (Å²) in [6, 6.07) is 6.39. The van der Waals surface area contributed by atoms with Crippen molar-refractivity contribution in [3.05, 3.63) is 28.2 Å². The van der Waals surface area contributed by atoms with E-state index in [0.29, 0.717) is 0 Å². The first kappa shape index (κ1) is 10.0. The molecule has 0 aliphatic heterocycles. The van der Waals surface area contributed by atoms with Gasteiger partial charge in [0, 0.05) is 16.7 Å². The van der Waals surface area contributed by atoms with Crippen molar-refractivity contribution < 1.29 is 0 Å². The lowest BCUT2D eigenvalue weighted by atomic mass is 10.2. The van der Waals surface area contributed by atoms with Crippen LogP contribution in [0.3, 0.4) is 0 Å². The lowest BCUT2D eigenvalue weighted by Crippen LogP contribution is -2.03. The maximum Gasteiger partial charge on any atom is 0.0370 e. The Bertz CT molecular complexity index is 318. The van der Waals surface area contributed by atoms with Gasteiger partial charge in [0.1, 0.15) is 0 Å². The van der Waals surface area contributed by atoms with Gasteiger partial charge in [-0.2, -0.15) is 0 Å². The highest BCUT2D eigenvalue weighted by atomic mass is 79.9. The Labute approximate surface area is 94.0 Å². The molecule has 14 heavy (non-hydrogen) atoms. The van der Waals surface area contributed by atoms with Gasteiger partial charge in [-0.15, -0.1) is 0 Å². The molecule has 1 nitrogen and oxygen atoms in total. The molecule has 0 spiro atoms. The molecule has 1 aliphatic rings. The molecule has 0 saturated heterocycles. The van der Waals surface area contributed by atoms with Gasteiger partial charge in [-0.05, 0) is 43.0 Å². The lowest BCUT2D eigenvalue weighted by molar-refractivity contribution is 0.760. The van der Waals surface area contributed by atoms with Crippen LogP contribution >= 0.6 is 15.9 Å². The highest BCUT2D eigenvalue weighted by molar-refractivity contribution is 9.10. The van der Waals surface area contributed by atoms with Crippen molar-refractivity contribution in [1.29, 1.82) is 0 Å². The molecular weight excluding hydrogens is 238 g/mol. The average molecular weight is 254 g/mol. The largest absolute Gasteiger partial charge is 0.385 e. The van der Waals surface area contributed by atoms with Gasteiger partial charge in [-0.1, -0.05) is 28.8 Å². The molecule has 0 atom stereocenters. The summed E-state index contributed by atoms with van der Waals surface area (Å²) in [6.07, 6.45) is 4.22. The molecule has 0 amide bonds. The Kier molecular flexibility index (Phi) is 3.12. The minimum Gasteiger partial charge on any atom is -0.385 e. The van der Waals surface area contributed by atoms with Crippen LogP contribution in [0.4, 0.5) is 5.69 Å². The van der Waals surface area contributed by atoms with Crippen LogP contribution in [0.5, 0.6) is 0 Å². The molecule has 0 aromatic heterocycles. The fraction of sp³-hybridized carbons (Fsp3) is 0.500. The average Bonchev–Trinajstić information content (AvgIpc) is 2.92. The summed E-state index contributed by atoms with van der Waals surface area (Å²) in [5, 5.41) is 3.49. The Morgan fingerprint density at radius 1 is 1.43 bits per heavy atom. The van der Waals surface area contributed by atoms with Gasteiger partial charge in [-0.3, -0.25) is 0 Å². The number of rotatable bonds is 4. The summed E-state index contributed by atoms with van der Waals surface area (Å²) in [4.78, 5) is 0. The van der Waals surface area contributed by atoms with E-state index >= 15 is 0 Å². The zero-order valence-electron chi connectivity index (χ0n) is 8.52. The summed E-state index contributed by atoms with van der Waals surface area (Å²) < 4.78 is 1.16. The number of hydrogen-bond donors (Lipinski definition) is 1. The molecule has 0 radical (unpaired) electrons. The number of hydrogen-bond acceptors (Lipinski definition) is 1. The molecule has 76 valence electrons. The van der Waals surface area contributed by atoms with Gasteiger partial charge in [0.05, 0.1) is 0 Å². The van der Waals surface area contributed by atoms with E-state index in [1.807, 2.05) is 0 Å². The molecule has 2 heteroatoms. The standard InChI is InChI=1S/C12H16BrN/c1-9-8-11(13)4-5-12(9)14-7-6-10-2-3-10/h4-5,8,10,14H,2-3,6-7H2,1H3. The highest BCUT2D eigenvalue weighted by Crippen LogP contribution is 2.32. The van der Waals surface area contributed by atoms with Crippen LogP contribution in [0.25, 0.3) is 0 Å². The molecule has 1 N–H and O–H groups in total. The third kappa shape index (κ3) is 2.74. The second-order valence-electron chi connectivity index (χ2n) is 4.12. The van der Waals surface area contributed by atoms with Crippen LogP contribution in [0, 0.1) is 12.8 Å². The molecule has 1 aliphatic carbocycles. The Morgan fingerprint density at radius 2 is 2.21 bits per heavy atom. The van der Waals surface area contributed by atoms with Crippen molar-refractivity contribution in [3.63, 3.8) is 0 Å². The second kappa shape index (κ2) is 4.35. The van der Waals surface area contributed by atoms with Crippen molar-refractivity contribution in [2.45, 2.75) is 26.2 Å². The maximum absolute atomic E-state index is 3.49. The third-order valence-corrected chi connectivity index (χ3v) is 3.25. The smallest absolute Gasteiger partial charge is 0.0370 e. The van der Waals surface area contributed by atoms with Crippen molar-refractivity contribution in [2.24, 2.45) is 5.92 Å². The topological polar surface area (TPSA) is 12.0 Å². The van der Waals surface area contributed by atoms with E-state index < -0.39 is 0 Å². The Balaban J connectivity index is 1.87. The van der Waals surface area contributed by atoms with Crippen LogP contribution in [-0.2, 0) is 0 Å². The van der Waals surface area contributed by atoms with E-state index in [1.165, 1.54) is 30.5 Å². The molecule has 1 aromatic rings. The molecule has 1 saturated carbocycles. The van der Waals surface area contributed by atoms with E-state index in [-0.39, 0.29) is 0 Å². The second-order valence-corrected chi connectivity index (χ2v) is 5.03. The van der Waals surface area contributed by atoms with Gasteiger partial charge in [0.2, 0.25) is 0 Å². The van der Waals surface area contributed by atoms with Gasteiger partial charge in [0.15, 0.2) is 0 Å². The van der Waals surface area contributed by atoms with Crippen LogP contribution in [0.15, 0.2) is 22.7 Å². The van der Waals surface area contributed by atoms with Gasteiger partial charge in [0.25, 0.3) is 0 Å². The minimum absolute atomic E-state index is 1.01. The number of nitrogens with one attached hydrogen (secondary N) is 1. The third-order valence-electron chi connectivity index (χ3n) is 2.75. The Morgan fingerprint density at radius 3 is 2.86 bits per heavy atom. The Hall–Kier alpha value is -0.500. The first-order valence-corrected chi connectivity index (χ1v) is 6.05. The first-order chi connectivity index (χ1) is 6.75. The fourth-order valence-corrected chi connectivity index (χ4v) is 2.12. The van der Waals surface area contributed by atoms with Crippen molar-refractivity contribution in [1.82, 2.24) is 0 Å². The summed E-state index contributed by atoms with van der Waals surface area (Å²) in [7, 11) is 0. The quantitative estimate of drug-likeness (QED) is 0.857. The number of benzene rings is 1. The van der Waals surface area contributed by atoms with E-state index in [4.69, 9.17) is 0 Å². The van der Waals surface area contributed by atoms with Crippen molar-refractivity contribution in [2.75, 3.05) is 11.9 Å². The van der Waals surface area contributed by atoms with Crippen molar-refractivity contribution in [3.8, 4) is 0 Å². The number of anilines is 1. The normalized spacial score (nSPS) is 15.6. The molecule has 1 aromatic carbocycles. The first-order valence-electron chi connectivity index (χ1n) is 5.26. The monoisotopic (exact) mass is 253 g/mol. The number of aryl methyl sites for hydroxylation is 1. The van der Waals surface area contributed by atoms with Crippen LogP contribution in [0.2, 0.25) is 0 Å². The molecule has 1 fully saturated rings. The maximum atomic E-state index is 3.49. The summed E-state index contributed by atoms with van der Waals surface area (Å²) >= 11 is 3.47. The van der Waals surface area contributed by atoms with Gasteiger partial charge >= 0.3 is 0 Å². The van der Waals surface area contributed by atoms with E-state index in [0.717, 1.165) is 16.9 Å². The molecule has 0 heterocycles. The van der Waals surface area contributed by atoms with Crippen molar-refractivity contribution >= 4 is 21.6 Å². The molecule has 0 unspecified atom stereocenters. The SMILES string of the molecule is Cc1cc(Br)ccc1NCCC1CC1. The van der Waals surface area contributed by atoms with Crippen LogP contribution in [0.1, 0.15) is 24.8 Å². The van der Waals surface area contributed by atoms with Gasteiger partial charge < -0.3 is 5.32 Å². The van der Waals surface area contributed by atoms with E-state index in [1.54, 1.807) is 0 Å².